The normalized spacial score (nSPS) is 17.5. The Balaban J connectivity index is 2.09. The fourth-order valence-electron chi connectivity index (χ4n) is 1.80. The van der Waals surface area contributed by atoms with Gasteiger partial charge in [0.05, 0.1) is 4.91 Å². The van der Waals surface area contributed by atoms with Gasteiger partial charge in [-0.05, 0) is 57.7 Å². The molecule has 0 atom stereocenters. The molecule has 0 spiro atoms. The first-order valence-corrected chi connectivity index (χ1v) is 8.33. The molecular weight excluding hydrogens is 322 g/mol. The summed E-state index contributed by atoms with van der Waals surface area (Å²) >= 11 is 2.38. The number of aryl methyl sites for hydroxylation is 1. The Morgan fingerprint density at radius 1 is 1.32 bits per heavy atom. The molecule has 0 aromatic carbocycles. The van der Waals surface area contributed by atoms with Crippen molar-refractivity contribution in [2.75, 3.05) is 6.54 Å². The zero-order valence-electron chi connectivity index (χ0n) is 12.8. The summed E-state index contributed by atoms with van der Waals surface area (Å²) in [7, 11) is 0. The molecule has 0 radical (unpaired) electrons. The van der Waals surface area contributed by atoms with Gasteiger partial charge in [0.2, 0.25) is 0 Å². The first-order valence-electron chi connectivity index (χ1n) is 6.69. The lowest BCUT2D eigenvalue weighted by Crippen LogP contribution is -2.37. The molecule has 1 aliphatic heterocycles. The third kappa shape index (κ3) is 4.20. The second-order valence-corrected chi connectivity index (χ2v) is 8.12. The summed E-state index contributed by atoms with van der Waals surface area (Å²) in [5, 5.41) is -0.449. The highest BCUT2D eigenvalue weighted by molar-refractivity contribution is 8.18. The largest absolute Gasteiger partial charge is 0.459 e. The molecule has 0 unspecified atom stereocenters. The predicted molar refractivity (Wildman–Crippen MR) is 87.6 cm³/mol. The topological polar surface area (TPSA) is 63.7 Å². The van der Waals surface area contributed by atoms with Gasteiger partial charge in [-0.15, -0.1) is 11.3 Å². The van der Waals surface area contributed by atoms with Gasteiger partial charge in [0, 0.05) is 9.75 Å². The summed E-state index contributed by atoms with van der Waals surface area (Å²) in [6.45, 7) is 6.81. The van der Waals surface area contributed by atoms with Gasteiger partial charge in [-0.3, -0.25) is 19.3 Å². The number of imide groups is 1. The van der Waals surface area contributed by atoms with E-state index in [0.717, 1.165) is 26.4 Å². The molecule has 1 aromatic heterocycles. The summed E-state index contributed by atoms with van der Waals surface area (Å²) in [4.78, 5) is 39.2. The fourth-order valence-corrected chi connectivity index (χ4v) is 3.52. The number of thioether (sulfide) groups is 1. The molecule has 22 heavy (non-hydrogen) atoms. The number of hydrogen-bond donors (Lipinski definition) is 0. The van der Waals surface area contributed by atoms with E-state index in [1.54, 1.807) is 26.8 Å². The van der Waals surface area contributed by atoms with E-state index in [-0.39, 0.29) is 6.54 Å². The number of hydrogen-bond acceptors (Lipinski definition) is 6. The van der Waals surface area contributed by atoms with Gasteiger partial charge in [0.25, 0.3) is 11.1 Å². The molecule has 0 bridgehead atoms. The van der Waals surface area contributed by atoms with Crippen molar-refractivity contribution in [2.45, 2.75) is 33.3 Å². The van der Waals surface area contributed by atoms with Crippen LogP contribution in [0.2, 0.25) is 0 Å². The second kappa shape index (κ2) is 6.26. The molecule has 0 aliphatic carbocycles. The number of ether oxygens (including phenoxy) is 1. The van der Waals surface area contributed by atoms with Crippen molar-refractivity contribution < 1.29 is 19.1 Å². The van der Waals surface area contributed by atoms with Gasteiger partial charge >= 0.3 is 5.97 Å². The van der Waals surface area contributed by atoms with E-state index >= 15 is 0 Å². The van der Waals surface area contributed by atoms with E-state index in [1.165, 1.54) is 11.3 Å². The number of nitrogens with zero attached hydrogens (tertiary/aromatic N) is 1. The van der Waals surface area contributed by atoms with Crippen molar-refractivity contribution in [1.82, 2.24) is 4.90 Å². The molecule has 1 fully saturated rings. The average Bonchev–Trinajstić information content (AvgIpc) is 2.87. The van der Waals surface area contributed by atoms with Crippen LogP contribution >= 0.6 is 23.1 Å². The fraction of sp³-hybridized carbons (Fsp3) is 0.400. The van der Waals surface area contributed by atoms with E-state index in [0.29, 0.717) is 4.91 Å². The van der Waals surface area contributed by atoms with Gasteiger partial charge in [0.15, 0.2) is 0 Å². The van der Waals surface area contributed by atoms with Gasteiger partial charge < -0.3 is 4.74 Å². The molecule has 0 N–H and O–H groups in total. The minimum atomic E-state index is -0.650. The highest BCUT2D eigenvalue weighted by Crippen LogP contribution is 2.33. The number of thiophene rings is 1. The highest BCUT2D eigenvalue weighted by atomic mass is 32.2. The summed E-state index contributed by atoms with van der Waals surface area (Å²) < 4.78 is 5.14. The molecule has 7 heteroatoms. The number of carbonyl (C=O) groups is 3. The lowest BCUT2D eigenvalue weighted by molar-refractivity contribution is -0.156. The van der Waals surface area contributed by atoms with Crippen LogP contribution < -0.4 is 0 Å². The van der Waals surface area contributed by atoms with E-state index in [2.05, 4.69) is 0 Å². The Kier molecular flexibility index (Phi) is 4.77. The number of amides is 2. The maximum atomic E-state index is 12.2. The first kappa shape index (κ1) is 16.8. The average molecular weight is 339 g/mol. The van der Waals surface area contributed by atoms with Crippen molar-refractivity contribution in [3.63, 3.8) is 0 Å². The standard InChI is InChI=1S/C15H17NO4S2/c1-9-5-6-10(21-9)7-11-13(18)16(14(19)22-11)8-12(17)20-15(2,3)4/h5-7H,8H2,1-4H3/b11-7+. The van der Waals surface area contributed by atoms with Crippen molar-refractivity contribution in [3.8, 4) is 0 Å². The van der Waals surface area contributed by atoms with Crippen LogP contribution in [-0.2, 0) is 14.3 Å². The smallest absolute Gasteiger partial charge is 0.326 e. The Labute approximate surface area is 137 Å². The third-order valence-corrected chi connectivity index (χ3v) is 4.47. The van der Waals surface area contributed by atoms with Crippen LogP contribution in [0.25, 0.3) is 6.08 Å². The van der Waals surface area contributed by atoms with Gasteiger partial charge in [0.1, 0.15) is 12.1 Å². The number of rotatable bonds is 3. The van der Waals surface area contributed by atoms with E-state index in [9.17, 15) is 14.4 Å². The molecule has 2 rings (SSSR count). The Morgan fingerprint density at radius 3 is 2.55 bits per heavy atom. The zero-order valence-corrected chi connectivity index (χ0v) is 14.5. The molecule has 1 aliphatic rings. The van der Waals surface area contributed by atoms with Crippen molar-refractivity contribution >= 4 is 46.3 Å². The van der Waals surface area contributed by atoms with Gasteiger partial charge in [-0.25, -0.2) is 0 Å². The minimum Gasteiger partial charge on any atom is -0.459 e. The molecular formula is C15H17NO4S2. The zero-order chi connectivity index (χ0) is 16.5. The SMILES string of the molecule is Cc1ccc(/C=C2/SC(=O)N(CC(=O)OC(C)(C)C)C2=O)s1. The Bertz CT molecular complexity index is 655. The maximum Gasteiger partial charge on any atom is 0.326 e. The van der Waals surface area contributed by atoms with Crippen LogP contribution in [0.3, 0.4) is 0 Å². The number of carbonyl (C=O) groups excluding carboxylic acids is 3. The van der Waals surface area contributed by atoms with Crippen molar-refractivity contribution in [1.29, 1.82) is 0 Å². The van der Waals surface area contributed by atoms with Crippen molar-refractivity contribution in [2.24, 2.45) is 0 Å². The Morgan fingerprint density at radius 2 is 2.00 bits per heavy atom. The molecule has 1 aromatic rings. The number of esters is 1. The second-order valence-electron chi connectivity index (χ2n) is 5.80. The quantitative estimate of drug-likeness (QED) is 0.623. The van der Waals surface area contributed by atoms with Crippen LogP contribution in [0.5, 0.6) is 0 Å². The van der Waals surface area contributed by atoms with Crippen LogP contribution in [0, 0.1) is 6.92 Å². The maximum absolute atomic E-state index is 12.2. The molecule has 5 nitrogen and oxygen atoms in total. The van der Waals surface area contributed by atoms with Crippen LogP contribution in [0.15, 0.2) is 17.0 Å². The van der Waals surface area contributed by atoms with Crippen LogP contribution in [0.1, 0.15) is 30.5 Å². The molecule has 118 valence electrons. The lowest BCUT2D eigenvalue weighted by atomic mass is 10.2. The van der Waals surface area contributed by atoms with E-state index < -0.39 is 22.7 Å². The third-order valence-electron chi connectivity index (χ3n) is 2.62. The van der Waals surface area contributed by atoms with Crippen LogP contribution in [-0.4, -0.2) is 34.2 Å². The lowest BCUT2D eigenvalue weighted by Gasteiger charge is -2.21. The predicted octanol–water partition coefficient (Wildman–Crippen LogP) is 3.43. The summed E-state index contributed by atoms with van der Waals surface area (Å²) in [5.41, 5.74) is -0.650. The molecule has 2 heterocycles. The Hall–Kier alpha value is -1.60. The van der Waals surface area contributed by atoms with E-state index in [4.69, 9.17) is 4.74 Å². The van der Waals surface area contributed by atoms with Crippen molar-refractivity contribution in [3.05, 3.63) is 26.8 Å². The highest BCUT2D eigenvalue weighted by Gasteiger charge is 2.37. The monoisotopic (exact) mass is 339 g/mol. The molecule has 2 amide bonds. The summed E-state index contributed by atoms with van der Waals surface area (Å²) in [6, 6.07) is 3.84. The van der Waals surface area contributed by atoms with Crippen LogP contribution in [0.4, 0.5) is 4.79 Å². The van der Waals surface area contributed by atoms with Gasteiger partial charge in [-0.2, -0.15) is 0 Å². The molecule has 0 saturated carbocycles. The first-order chi connectivity index (χ1) is 10.2. The van der Waals surface area contributed by atoms with Gasteiger partial charge in [-0.1, -0.05) is 0 Å². The summed E-state index contributed by atoms with van der Waals surface area (Å²) in [6.07, 6.45) is 1.68. The van der Waals surface area contributed by atoms with E-state index in [1.807, 2.05) is 19.1 Å². The minimum absolute atomic E-state index is 0.329. The summed E-state index contributed by atoms with van der Waals surface area (Å²) in [5.74, 6) is -1.05. The molecule has 1 saturated heterocycles.